The minimum atomic E-state index is -3.95. The van der Waals surface area contributed by atoms with Gasteiger partial charge in [-0.2, -0.15) is 4.28 Å². The molecule has 0 bridgehead atoms. The lowest BCUT2D eigenvalue weighted by Gasteiger charge is -1.98. The fraction of sp³-hybridized carbons (Fsp3) is 1.00. The van der Waals surface area contributed by atoms with Gasteiger partial charge in [-0.15, -0.1) is 10.1 Å². The van der Waals surface area contributed by atoms with Crippen molar-refractivity contribution in [3.8, 4) is 0 Å². The van der Waals surface area contributed by atoms with Crippen molar-refractivity contribution in [2.45, 2.75) is 26.2 Å². The fourth-order valence-corrected chi connectivity index (χ4v) is 1.48. The molecule has 0 saturated carbocycles. The van der Waals surface area contributed by atoms with Crippen molar-refractivity contribution < 1.29 is 17.8 Å². The molecule has 0 rings (SSSR count). The van der Waals surface area contributed by atoms with Crippen LogP contribution in [0.25, 0.3) is 0 Å². The molecule has 0 aromatic carbocycles. The van der Waals surface area contributed by atoms with Gasteiger partial charge in [-0.1, -0.05) is 19.8 Å². The Morgan fingerprint density at radius 3 is 2.42 bits per heavy atom. The first-order valence-electron chi connectivity index (χ1n) is 3.54. The first kappa shape index (κ1) is 11.2. The van der Waals surface area contributed by atoms with E-state index in [2.05, 4.69) is 4.28 Å². The molecule has 0 aliphatic rings. The van der Waals surface area contributed by atoms with Crippen LogP contribution in [0.1, 0.15) is 26.2 Å². The molecule has 0 N–H and O–H groups in total. The van der Waals surface area contributed by atoms with Crippen LogP contribution in [0.2, 0.25) is 0 Å². The minimum absolute atomic E-state index is 0.290. The molecular weight excluding hydrogens is 186 g/mol. The summed E-state index contributed by atoms with van der Waals surface area (Å²) >= 11 is 0. The third-order valence-electron chi connectivity index (χ3n) is 1.17. The molecule has 0 aliphatic carbocycles. The maximum absolute atomic E-state index is 10.7. The Hall–Kier alpha value is -0.850. The zero-order valence-corrected chi connectivity index (χ0v) is 7.54. The van der Waals surface area contributed by atoms with E-state index in [1.807, 2.05) is 6.92 Å². The number of unbranched alkanes of at least 4 members (excludes halogenated alkanes) is 2. The Bertz CT molecular complexity index is 234. The van der Waals surface area contributed by atoms with Crippen LogP contribution < -0.4 is 0 Å². The molecule has 7 heteroatoms. The molecule has 0 spiro atoms. The summed E-state index contributed by atoms with van der Waals surface area (Å²) in [5.74, 6) is -0.290. The highest BCUT2D eigenvalue weighted by atomic mass is 32.2. The Morgan fingerprint density at radius 2 is 2.00 bits per heavy atom. The van der Waals surface area contributed by atoms with Crippen LogP contribution in [0.15, 0.2) is 0 Å². The highest BCUT2D eigenvalue weighted by molar-refractivity contribution is 7.86. The predicted molar refractivity (Wildman–Crippen MR) is 41.4 cm³/mol. The summed E-state index contributed by atoms with van der Waals surface area (Å²) in [5.41, 5.74) is 0. The SMILES string of the molecule is CCCCCS(=O)(=O)O[N+](=O)[O-]. The number of hydrogen-bond donors (Lipinski definition) is 0. The average molecular weight is 197 g/mol. The van der Waals surface area contributed by atoms with Gasteiger partial charge in [0.15, 0.2) is 0 Å². The third kappa shape index (κ3) is 5.90. The molecule has 0 aromatic heterocycles. The summed E-state index contributed by atoms with van der Waals surface area (Å²) in [6, 6.07) is 0. The highest BCUT2D eigenvalue weighted by Crippen LogP contribution is 2.01. The van der Waals surface area contributed by atoms with Gasteiger partial charge >= 0.3 is 15.2 Å². The fourth-order valence-electron chi connectivity index (χ4n) is 0.659. The van der Waals surface area contributed by atoms with Crippen LogP contribution in [0.5, 0.6) is 0 Å². The van der Waals surface area contributed by atoms with Crippen LogP contribution in [0.4, 0.5) is 0 Å². The van der Waals surface area contributed by atoms with E-state index in [0.29, 0.717) is 6.42 Å². The second-order valence-electron chi connectivity index (χ2n) is 2.27. The summed E-state index contributed by atoms with van der Waals surface area (Å²) < 4.78 is 24.8. The van der Waals surface area contributed by atoms with Gasteiger partial charge in [-0.25, -0.2) is 8.42 Å². The average Bonchev–Trinajstić information content (AvgIpc) is 1.84. The summed E-state index contributed by atoms with van der Waals surface area (Å²) in [7, 11) is -3.95. The first-order chi connectivity index (χ1) is 5.48. The number of nitrogens with zero attached hydrogens (tertiary/aromatic N) is 1. The van der Waals surface area contributed by atoms with E-state index in [1.165, 1.54) is 0 Å². The molecule has 0 aromatic rings. The molecule has 6 nitrogen and oxygen atoms in total. The van der Waals surface area contributed by atoms with Crippen LogP contribution in [-0.4, -0.2) is 19.3 Å². The van der Waals surface area contributed by atoms with Crippen LogP contribution in [-0.2, 0) is 14.4 Å². The van der Waals surface area contributed by atoms with Crippen molar-refractivity contribution in [3.63, 3.8) is 0 Å². The molecule has 0 amide bonds. The number of rotatable bonds is 6. The summed E-state index contributed by atoms with van der Waals surface area (Å²) in [6.45, 7) is 1.90. The molecule has 0 unspecified atom stereocenters. The van der Waals surface area contributed by atoms with Gasteiger partial charge in [0.05, 0.1) is 5.75 Å². The van der Waals surface area contributed by atoms with Crippen molar-refractivity contribution in [2.75, 3.05) is 5.75 Å². The summed E-state index contributed by atoms with van der Waals surface area (Å²) in [5, 5.41) is 8.35. The zero-order valence-electron chi connectivity index (χ0n) is 6.73. The van der Waals surface area contributed by atoms with E-state index in [9.17, 15) is 18.5 Å². The third-order valence-corrected chi connectivity index (χ3v) is 2.31. The van der Waals surface area contributed by atoms with E-state index in [0.717, 1.165) is 12.8 Å². The van der Waals surface area contributed by atoms with Crippen LogP contribution >= 0.6 is 0 Å². The molecule has 0 aliphatic heterocycles. The second kappa shape index (κ2) is 4.91. The van der Waals surface area contributed by atoms with Gasteiger partial charge in [0, 0.05) is 0 Å². The molecule has 12 heavy (non-hydrogen) atoms. The van der Waals surface area contributed by atoms with Crippen molar-refractivity contribution in [3.05, 3.63) is 10.1 Å². The van der Waals surface area contributed by atoms with Gasteiger partial charge in [0.25, 0.3) is 0 Å². The van der Waals surface area contributed by atoms with E-state index in [-0.39, 0.29) is 5.75 Å². The van der Waals surface area contributed by atoms with Crippen molar-refractivity contribution in [1.82, 2.24) is 0 Å². The van der Waals surface area contributed by atoms with Gasteiger partial charge < -0.3 is 0 Å². The quantitative estimate of drug-likeness (QED) is 0.355. The molecule has 0 atom stereocenters. The maximum atomic E-state index is 10.7. The maximum Gasteiger partial charge on any atom is 0.310 e. The van der Waals surface area contributed by atoms with E-state index < -0.39 is 15.2 Å². The van der Waals surface area contributed by atoms with Crippen LogP contribution in [0.3, 0.4) is 0 Å². The van der Waals surface area contributed by atoms with E-state index >= 15 is 0 Å². The standard InChI is InChI=1S/C5H11NO5S/c1-2-3-4-5-12(9,10)11-6(7)8/h2-5H2,1H3. The Labute approximate surface area is 70.8 Å². The second-order valence-corrected chi connectivity index (χ2v) is 3.94. The lowest BCUT2D eigenvalue weighted by atomic mass is 10.3. The summed E-state index contributed by atoms with van der Waals surface area (Å²) in [4.78, 5) is 9.65. The Morgan fingerprint density at radius 1 is 1.42 bits per heavy atom. The van der Waals surface area contributed by atoms with Gasteiger partial charge in [0.1, 0.15) is 0 Å². The molecular formula is C5H11NO5S. The smallest absolute Gasteiger partial charge is 0.201 e. The monoisotopic (exact) mass is 197 g/mol. The van der Waals surface area contributed by atoms with Gasteiger partial charge in [-0.05, 0) is 6.42 Å². The molecule has 72 valence electrons. The normalized spacial score (nSPS) is 11.1. The molecule has 0 fully saturated rings. The topological polar surface area (TPSA) is 86.5 Å². The molecule has 0 saturated heterocycles. The van der Waals surface area contributed by atoms with Gasteiger partial charge in [0.2, 0.25) is 0 Å². The first-order valence-corrected chi connectivity index (χ1v) is 5.12. The van der Waals surface area contributed by atoms with Crippen LogP contribution in [0, 0.1) is 10.1 Å². The Kier molecular flexibility index (Phi) is 4.57. The molecule has 0 heterocycles. The van der Waals surface area contributed by atoms with Crippen molar-refractivity contribution >= 4 is 10.1 Å². The van der Waals surface area contributed by atoms with E-state index in [1.54, 1.807) is 0 Å². The zero-order chi connectivity index (χ0) is 9.61. The highest BCUT2D eigenvalue weighted by Gasteiger charge is 2.14. The Balaban J connectivity index is 3.81. The van der Waals surface area contributed by atoms with E-state index in [4.69, 9.17) is 0 Å². The summed E-state index contributed by atoms with van der Waals surface area (Å²) in [6.07, 6.45) is 1.97. The minimum Gasteiger partial charge on any atom is -0.201 e. The van der Waals surface area contributed by atoms with Gasteiger partial charge in [-0.3, -0.25) is 0 Å². The largest absolute Gasteiger partial charge is 0.310 e. The predicted octanol–water partition coefficient (Wildman–Crippen LogP) is 0.715. The van der Waals surface area contributed by atoms with Crippen molar-refractivity contribution in [1.29, 1.82) is 0 Å². The number of hydrogen-bond acceptors (Lipinski definition) is 5. The van der Waals surface area contributed by atoms with Crippen molar-refractivity contribution in [2.24, 2.45) is 0 Å². The lowest BCUT2D eigenvalue weighted by Crippen LogP contribution is -2.14. The lowest BCUT2D eigenvalue weighted by molar-refractivity contribution is -0.711. The molecule has 0 radical (unpaired) electrons.